The first-order valence-electron chi connectivity index (χ1n) is 7.85. The Morgan fingerprint density at radius 1 is 1.00 bits per heavy atom. The maximum absolute atomic E-state index is 6.48. The van der Waals surface area contributed by atoms with Crippen LogP contribution in [0.15, 0.2) is 36.4 Å². The lowest BCUT2D eigenvalue weighted by molar-refractivity contribution is 0.357. The van der Waals surface area contributed by atoms with Gasteiger partial charge in [0.25, 0.3) is 0 Å². The van der Waals surface area contributed by atoms with Crippen molar-refractivity contribution < 1.29 is 4.74 Å². The highest BCUT2D eigenvalue weighted by Gasteiger charge is 2.16. The van der Waals surface area contributed by atoms with Crippen LogP contribution in [-0.2, 0) is 19.3 Å². The third-order valence-electron chi connectivity index (χ3n) is 4.42. The van der Waals surface area contributed by atoms with E-state index in [1.54, 1.807) is 0 Å². The van der Waals surface area contributed by atoms with Gasteiger partial charge in [-0.05, 0) is 46.7 Å². The molecule has 1 unspecified atom stereocenters. The molecule has 2 aromatic rings. The summed E-state index contributed by atoms with van der Waals surface area (Å²) in [5.41, 5.74) is 13.0. The van der Waals surface area contributed by atoms with E-state index in [1.165, 1.54) is 27.8 Å². The van der Waals surface area contributed by atoms with E-state index < -0.39 is 0 Å². The van der Waals surface area contributed by atoms with E-state index >= 15 is 0 Å². The maximum Gasteiger partial charge on any atom is 0.122 e. The molecule has 1 aliphatic heterocycles. The van der Waals surface area contributed by atoms with Gasteiger partial charge in [0, 0.05) is 6.42 Å². The minimum absolute atomic E-state index is 0.0629. The van der Waals surface area contributed by atoms with Crippen LogP contribution in [0.3, 0.4) is 0 Å². The summed E-state index contributed by atoms with van der Waals surface area (Å²) >= 11 is 0. The molecule has 0 aromatic heterocycles. The average molecular weight is 281 g/mol. The van der Waals surface area contributed by atoms with Gasteiger partial charge >= 0.3 is 0 Å². The van der Waals surface area contributed by atoms with Crippen LogP contribution in [0.1, 0.15) is 47.7 Å². The van der Waals surface area contributed by atoms with Crippen molar-refractivity contribution in [3.8, 4) is 5.75 Å². The first-order valence-corrected chi connectivity index (χ1v) is 7.85. The Hall–Kier alpha value is -1.80. The maximum atomic E-state index is 6.48. The number of hydrogen-bond donors (Lipinski definition) is 1. The van der Waals surface area contributed by atoms with E-state index in [-0.39, 0.29) is 6.04 Å². The van der Waals surface area contributed by atoms with Crippen molar-refractivity contribution in [2.45, 2.75) is 39.2 Å². The average Bonchev–Trinajstić information content (AvgIpc) is 3.00. The molecule has 0 saturated heterocycles. The number of rotatable bonds is 4. The summed E-state index contributed by atoms with van der Waals surface area (Å²) in [6.45, 7) is 5.20. The third-order valence-corrected chi connectivity index (χ3v) is 4.42. The smallest absolute Gasteiger partial charge is 0.122 e. The van der Waals surface area contributed by atoms with E-state index in [9.17, 15) is 0 Å². The number of nitrogens with two attached hydrogens (primary N) is 1. The third kappa shape index (κ3) is 2.68. The second-order valence-electron chi connectivity index (χ2n) is 5.68. The highest BCUT2D eigenvalue weighted by molar-refractivity contribution is 5.44. The van der Waals surface area contributed by atoms with Crippen LogP contribution in [-0.4, -0.2) is 6.61 Å². The highest BCUT2D eigenvalue weighted by atomic mass is 16.5. The monoisotopic (exact) mass is 281 g/mol. The van der Waals surface area contributed by atoms with Gasteiger partial charge in [0.2, 0.25) is 0 Å². The molecule has 0 fully saturated rings. The first kappa shape index (κ1) is 14.2. The molecule has 0 radical (unpaired) electrons. The molecule has 0 spiro atoms. The molecule has 2 N–H and O–H groups in total. The molecule has 3 rings (SSSR count). The van der Waals surface area contributed by atoms with Gasteiger partial charge in [0.1, 0.15) is 5.75 Å². The van der Waals surface area contributed by atoms with E-state index in [1.807, 2.05) is 0 Å². The predicted octanol–water partition coefficient (Wildman–Crippen LogP) is 3.79. The SMILES string of the molecule is CCc1ccc(C(N)c2ccc3c(c2)CCO3)cc1CC. The molecule has 0 bridgehead atoms. The minimum Gasteiger partial charge on any atom is -0.493 e. The zero-order valence-electron chi connectivity index (χ0n) is 12.9. The topological polar surface area (TPSA) is 35.2 Å². The summed E-state index contributed by atoms with van der Waals surface area (Å²) in [4.78, 5) is 0. The summed E-state index contributed by atoms with van der Waals surface area (Å²) in [5, 5.41) is 0. The normalized spacial score (nSPS) is 14.6. The molecular formula is C19H23NO. The molecule has 1 atom stereocenters. The molecule has 110 valence electrons. The fourth-order valence-corrected chi connectivity index (χ4v) is 3.11. The Labute approximate surface area is 126 Å². The first-order chi connectivity index (χ1) is 10.2. The largest absolute Gasteiger partial charge is 0.493 e. The van der Waals surface area contributed by atoms with Gasteiger partial charge in [-0.25, -0.2) is 0 Å². The van der Waals surface area contributed by atoms with Crippen molar-refractivity contribution in [1.82, 2.24) is 0 Å². The fraction of sp³-hybridized carbons (Fsp3) is 0.368. The molecule has 1 heterocycles. The Balaban J connectivity index is 1.93. The lowest BCUT2D eigenvalue weighted by Gasteiger charge is -2.16. The molecule has 0 saturated carbocycles. The zero-order valence-corrected chi connectivity index (χ0v) is 12.9. The number of fused-ring (bicyclic) bond motifs is 1. The van der Waals surface area contributed by atoms with Crippen LogP contribution in [0.4, 0.5) is 0 Å². The second kappa shape index (κ2) is 5.90. The summed E-state index contributed by atoms with van der Waals surface area (Å²) < 4.78 is 5.56. The van der Waals surface area contributed by atoms with Crippen molar-refractivity contribution in [3.05, 3.63) is 64.2 Å². The van der Waals surface area contributed by atoms with Crippen LogP contribution in [0.25, 0.3) is 0 Å². The lowest BCUT2D eigenvalue weighted by Crippen LogP contribution is -2.12. The standard InChI is InChI=1S/C19H23NO/c1-3-13-5-6-16(11-14(13)4-2)19(20)17-7-8-18-15(12-17)9-10-21-18/h5-8,11-12,19H,3-4,9-10,20H2,1-2H3. The Kier molecular flexibility index (Phi) is 3.98. The fourth-order valence-electron chi connectivity index (χ4n) is 3.11. The van der Waals surface area contributed by atoms with Crippen LogP contribution >= 0.6 is 0 Å². The van der Waals surface area contributed by atoms with Gasteiger partial charge in [0.15, 0.2) is 0 Å². The van der Waals surface area contributed by atoms with E-state index in [2.05, 4.69) is 50.2 Å². The molecule has 2 aromatic carbocycles. The van der Waals surface area contributed by atoms with Gasteiger partial charge in [-0.1, -0.05) is 44.2 Å². The molecule has 2 heteroatoms. The Morgan fingerprint density at radius 3 is 2.48 bits per heavy atom. The number of aryl methyl sites for hydroxylation is 2. The van der Waals surface area contributed by atoms with Crippen molar-refractivity contribution >= 4 is 0 Å². The summed E-state index contributed by atoms with van der Waals surface area (Å²) in [6.07, 6.45) is 3.13. The van der Waals surface area contributed by atoms with Gasteiger partial charge < -0.3 is 10.5 Å². The molecule has 0 aliphatic carbocycles. The van der Waals surface area contributed by atoms with Crippen LogP contribution in [0, 0.1) is 0 Å². The van der Waals surface area contributed by atoms with Crippen molar-refractivity contribution in [1.29, 1.82) is 0 Å². The van der Waals surface area contributed by atoms with Gasteiger partial charge in [-0.15, -0.1) is 0 Å². The molecule has 2 nitrogen and oxygen atoms in total. The second-order valence-corrected chi connectivity index (χ2v) is 5.68. The van der Waals surface area contributed by atoms with Gasteiger partial charge in [0.05, 0.1) is 12.6 Å². The quantitative estimate of drug-likeness (QED) is 0.925. The minimum atomic E-state index is -0.0629. The van der Waals surface area contributed by atoms with Crippen molar-refractivity contribution in [3.63, 3.8) is 0 Å². The number of benzene rings is 2. The molecule has 0 amide bonds. The van der Waals surface area contributed by atoms with Crippen molar-refractivity contribution in [2.24, 2.45) is 5.73 Å². The number of ether oxygens (including phenoxy) is 1. The summed E-state index contributed by atoms with van der Waals surface area (Å²) in [7, 11) is 0. The Bertz CT molecular complexity index is 648. The van der Waals surface area contributed by atoms with E-state index in [0.29, 0.717) is 0 Å². The summed E-state index contributed by atoms with van der Waals surface area (Å²) in [6, 6.07) is 13.0. The molecular weight excluding hydrogens is 258 g/mol. The Morgan fingerprint density at radius 2 is 1.71 bits per heavy atom. The highest BCUT2D eigenvalue weighted by Crippen LogP contribution is 2.30. The van der Waals surface area contributed by atoms with E-state index in [0.717, 1.165) is 31.6 Å². The predicted molar refractivity (Wildman–Crippen MR) is 86.9 cm³/mol. The summed E-state index contributed by atoms with van der Waals surface area (Å²) in [5.74, 6) is 1.02. The number of hydrogen-bond acceptors (Lipinski definition) is 2. The van der Waals surface area contributed by atoms with E-state index in [4.69, 9.17) is 10.5 Å². The van der Waals surface area contributed by atoms with Crippen LogP contribution in [0.2, 0.25) is 0 Å². The van der Waals surface area contributed by atoms with Gasteiger partial charge in [-0.2, -0.15) is 0 Å². The van der Waals surface area contributed by atoms with Crippen LogP contribution < -0.4 is 10.5 Å². The lowest BCUT2D eigenvalue weighted by atomic mass is 9.93. The van der Waals surface area contributed by atoms with Gasteiger partial charge in [-0.3, -0.25) is 0 Å². The molecule has 21 heavy (non-hydrogen) atoms. The molecule has 1 aliphatic rings. The van der Waals surface area contributed by atoms with Crippen LogP contribution in [0.5, 0.6) is 5.75 Å². The van der Waals surface area contributed by atoms with Crippen molar-refractivity contribution in [2.75, 3.05) is 6.61 Å². The zero-order chi connectivity index (χ0) is 14.8.